The Morgan fingerprint density at radius 2 is 2.14 bits per heavy atom. The first kappa shape index (κ1) is 15.3. The van der Waals surface area contributed by atoms with Gasteiger partial charge in [-0.15, -0.1) is 6.58 Å². The first-order chi connectivity index (χ1) is 10.6. The van der Waals surface area contributed by atoms with Gasteiger partial charge in [0.1, 0.15) is 23.2 Å². The molecule has 1 aromatic heterocycles. The monoisotopic (exact) mass is 295 g/mol. The van der Waals surface area contributed by atoms with E-state index in [4.69, 9.17) is 16.2 Å². The Kier molecular flexibility index (Phi) is 4.59. The molecular weight excluding hydrogens is 278 g/mol. The second kappa shape index (κ2) is 6.59. The lowest BCUT2D eigenvalue weighted by Crippen LogP contribution is -2.05. The van der Waals surface area contributed by atoms with Crippen LogP contribution in [0.1, 0.15) is 18.1 Å². The summed E-state index contributed by atoms with van der Waals surface area (Å²) < 4.78 is 5.59. The van der Waals surface area contributed by atoms with Crippen molar-refractivity contribution in [3.8, 4) is 23.1 Å². The number of rotatable bonds is 5. The third-order valence-electron chi connectivity index (χ3n) is 3.06. The highest BCUT2D eigenvalue weighted by atomic mass is 16.5. The Morgan fingerprint density at radius 3 is 2.77 bits per heavy atom. The number of ether oxygens (including phenoxy) is 1. The number of nitrogen functional groups attached to an aromatic ring is 2. The molecule has 0 unspecified atom stereocenters. The molecule has 6 heteroatoms. The molecule has 1 aromatic carbocycles. The fourth-order valence-electron chi connectivity index (χ4n) is 2.15. The molecule has 0 spiro atoms. The third-order valence-corrected chi connectivity index (χ3v) is 3.06. The van der Waals surface area contributed by atoms with Gasteiger partial charge in [-0.1, -0.05) is 6.08 Å². The standard InChI is InChI=1S/C16H17N5O/c1-3-5-10-8-11(6-7-13(10)22-4-2)14-12(9-17)15(18)21-16(19)20-14/h3,6-8H,1,4-5H2,2H3,(H4,18,19,20,21). The van der Waals surface area contributed by atoms with Gasteiger partial charge in [0, 0.05) is 5.56 Å². The summed E-state index contributed by atoms with van der Waals surface area (Å²) in [6.07, 6.45) is 2.43. The van der Waals surface area contributed by atoms with Crippen molar-refractivity contribution in [2.45, 2.75) is 13.3 Å². The van der Waals surface area contributed by atoms with E-state index >= 15 is 0 Å². The van der Waals surface area contributed by atoms with Crippen LogP contribution < -0.4 is 16.2 Å². The van der Waals surface area contributed by atoms with Crippen LogP contribution in [0, 0.1) is 11.3 Å². The van der Waals surface area contributed by atoms with E-state index in [1.165, 1.54) is 0 Å². The van der Waals surface area contributed by atoms with E-state index in [0.717, 1.165) is 16.9 Å². The van der Waals surface area contributed by atoms with Crippen LogP contribution in [0.4, 0.5) is 11.8 Å². The minimum atomic E-state index is 0.0330. The van der Waals surface area contributed by atoms with Crippen molar-refractivity contribution in [3.63, 3.8) is 0 Å². The van der Waals surface area contributed by atoms with Crippen LogP contribution in [0.5, 0.6) is 5.75 Å². The number of nitriles is 1. The molecule has 0 bridgehead atoms. The van der Waals surface area contributed by atoms with E-state index in [9.17, 15) is 5.26 Å². The first-order valence-corrected chi connectivity index (χ1v) is 6.80. The molecule has 6 nitrogen and oxygen atoms in total. The molecule has 0 saturated heterocycles. The van der Waals surface area contributed by atoms with Gasteiger partial charge in [0.05, 0.1) is 12.3 Å². The van der Waals surface area contributed by atoms with Crippen molar-refractivity contribution in [1.29, 1.82) is 5.26 Å². The maximum atomic E-state index is 9.27. The van der Waals surface area contributed by atoms with Crippen LogP contribution >= 0.6 is 0 Å². The van der Waals surface area contributed by atoms with Crippen molar-refractivity contribution in [2.75, 3.05) is 18.1 Å². The summed E-state index contributed by atoms with van der Waals surface area (Å²) in [6, 6.07) is 7.58. The summed E-state index contributed by atoms with van der Waals surface area (Å²) in [7, 11) is 0. The van der Waals surface area contributed by atoms with Crippen LogP contribution in [0.25, 0.3) is 11.3 Å². The lowest BCUT2D eigenvalue weighted by atomic mass is 10.0. The van der Waals surface area contributed by atoms with Crippen molar-refractivity contribution < 1.29 is 4.74 Å². The number of nitrogens with zero attached hydrogens (tertiary/aromatic N) is 3. The molecule has 0 saturated carbocycles. The predicted molar refractivity (Wildman–Crippen MR) is 86.1 cm³/mol. The molecule has 2 rings (SSSR count). The number of hydrogen-bond donors (Lipinski definition) is 2. The first-order valence-electron chi connectivity index (χ1n) is 6.80. The summed E-state index contributed by atoms with van der Waals surface area (Å²) in [5.74, 6) is 0.884. The zero-order valence-electron chi connectivity index (χ0n) is 12.3. The van der Waals surface area contributed by atoms with E-state index in [1.54, 1.807) is 6.08 Å². The molecule has 22 heavy (non-hydrogen) atoms. The zero-order valence-corrected chi connectivity index (χ0v) is 12.3. The number of aromatic nitrogens is 2. The molecule has 0 atom stereocenters. The van der Waals surface area contributed by atoms with Gasteiger partial charge in [0.15, 0.2) is 0 Å². The number of allylic oxidation sites excluding steroid dienone is 1. The van der Waals surface area contributed by atoms with Gasteiger partial charge in [-0.25, -0.2) is 4.98 Å². The smallest absolute Gasteiger partial charge is 0.222 e. The summed E-state index contributed by atoms with van der Waals surface area (Å²) >= 11 is 0. The van der Waals surface area contributed by atoms with Gasteiger partial charge in [0.25, 0.3) is 0 Å². The van der Waals surface area contributed by atoms with Gasteiger partial charge in [-0.05, 0) is 37.1 Å². The van der Waals surface area contributed by atoms with E-state index in [2.05, 4.69) is 16.5 Å². The van der Waals surface area contributed by atoms with Crippen LogP contribution in [-0.4, -0.2) is 16.6 Å². The normalized spacial score (nSPS) is 10.0. The maximum Gasteiger partial charge on any atom is 0.222 e. The van der Waals surface area contributed by atoms with Gasteiger partial charge < -0.3 is 16.2 Å². The Hall–Kier alpha value is -3.07. The maximum absolute atomic E-state index is 9.27. The number of benzene rings is 1. The fraction of sp³-hybridized carbons (Fsp3) is 0.188. The van der Waals surface area contributed by atoms with Crippen LogP contribution in [-0.2, 0) is 6.42 Å². The highest BCUT2D eigenvalue weighted by Gasteiger charge is 2.14. The summed E-state index contributed by atoms with van der Waals surface area (Å²) in [6.45, 7) is 6.24. The van der Waals surface area contributed by atoms with Gasteiger partial charge >= 0.3 is 0 Å². The zero-order chi connectivity index (χ0) is 16.1. The molecular formula is C16H17N5O. The summed E-state index contributed by atoms with van der Waals surface area (Å²) in [5.41, 5.74) is 13.7. The van der Waals surface area contributed by atoms with Crippen molar-refractivity contribution >= 4 is 11.8 Å². The molecule has 0 aliphatic rings. The average Bonchev–Trinajstić information content (AvgIpc) is 2.49. The molecule has 0 amide bonds. The van der Waals surface area contributed by atoms with Gasteiger partial charge in [-0.2, -0.15) is 10.2 Å². The predicted octanol–water partition coefficient (Wildman–Crippen LogP) is 2.31. The lowest BCUT2D eigenvalue weighted by molar-refractivity contribution is 0.337. The molecule has 0 fully saturated rings. The minimum Gasteiger partial charge on any atom is -0.494 e. The molecule has 1 heterocycles. The van der Waals surface area contributed by atoms with E-state index in [1.807, 2.05) is 31.2 Å². The minimum absolute atomic E-state index is 0.0330. The highest BCUT2D eigenvalue weighted by molar-refractivity contribution is 5.74. The van der Waals surface area contributed by atoms with Crippen LogP contribution in [0.2, 0.25) is 0 Å². The third kappa shape index (κ3) is 2.99. The van der Waals surface area contributed by atoms with E-state index in [-0.39, 0.29) is 17.3 Å². The van der Waals surface area contributed by atoms with Crippen molar-refractivity contribution in [1.82, 2.24) is 9.97 Å². The lowest BCUT2D eigenvalue weighted by Gasteiger charge is -2.12. The molecule has 112 valence electrons. The van der Waals surface area contributed by atoms with E-state index in [0.29, 0.717) is 18.7 Å². The molecule has 0 aliphatic heterocycles. The average molecular weight is 295 g/mol. The molecule has 2 aromatic rings. The van der Waals surface area contributed by atoms with E-state index < -0.39 is 0 Å². The van der Waals surface area contributed by atoms with Crippen LogP contribution in [0.3, 0.4) is 0 Å². The number of hydrogen-bond acceptors (Lipinski definition) is 6. The Morgan fingerprint density at radius 1 is 1.36 bits per heavy atom. The molecule has 0 radical (unpaired) electrons. The quantitative estimate of drug-likeness (QED) is 0.819. The summed E-state index contributed by atoms with van der Waals surface area (Å²) in [4.78, 5) is 7.97. The SMILES string of the molecule is C=CCc1cc(-c2nc(N)nc(N)c2C#N)ccc1OCC. The number of nitrogens with two attached hydrogens (primary N) is 2. The Bertz CT molecular complexity index is 749. The molecule has 0 aliphatic carbocycles. The highest BCUT2D eigenvalue weighted by Crippen LogP contribution is 2.30. The van der Waals surface area contributed by atoms with Crippen molar-refractivity contribution in [2.24, 2.45) is 0 Å². The van der Waals surface area contributed by atoms with Crippen molar-refractivity contribution in [3.05, 3.63) is 42.0 Å². The molecule has 4 N–H and O–H groups in total. The van der Waals surface area contributed by atoms with Gasteiger partial charge in [0.2, 0.25) is 5.95 Å². The number of anilines is 2. The summed E-state index contributed by atoms with van der Waals surface area (Å²) in [5, 5.41) is 9.27. The van der Waals surface area contributed by atoms with Crippen LogP contribution in [0.15, 0.2) is 30.9 Å². The largest absolute Gasteiger partial charge is 0.494 e. The fourth-order valence-corrected chi connectivity index (χ4v) is 2.15. The Labute approximate surface area is 129 Å². The second-order valence-corrected chi connectivity index (χ2v) is 4.55. The topological polar surface area (TPSA) is 111 Å². The Balaban J connectivity index is 2.61. The van der Waals surface area contributed by atoms with Gasteiger partial charge in [-0.3, -0.25) is 0 Å². The second-order valence-electron chi connectivity index (χ2n) is 4.55.